The molecule has 0 saturated carbocycles. The molecule has 0 aliphatic carbocycles. The lowest BCUT2D eigenvalue weighted by molar-refractivity contribution is -0.384. The number of nitrogens with one attached hydrogen (secondary N) is 1. The topological polar surface area (TPSA) is 114 Å². The van der Waals surface area contributed by atoms with Crippen molar-refractivity contribution in [3.63, 3.8) is 0 Å². The summed E-state index contributed by atoms with van der Waals surface area (Å²) < 4.78 is 5.46. The molecule has 0 aromatic heterocycles. The van der Waals surface area contributed by atoms with E-state index in [0.717, 1.165) is 12.0 Å². The molecule has 2 unspecified atom stereocenters. The third-order valence-corrected chi connectivity index (χ3v) is 7.00. The van der Waals surface area contributed by atoms with Crippen LogP contribution in [0, 0.1) is 10.1 Å². The number of amidine groups is 1. The molecule has 0 fully saturated rings. The average molecular weight is 521 g/mol. The number of aliphatic imine (C=N–C) groups is 1. The van der Waals surface area contributed by atoms with Crippen LogP contribution in [-0.2, 0) is 14.3 Å². The van der Waals surface area contributed by atoms with E-state index in [1.807, 2.05) is 54.5 Å². The number of thioether (sulfide) groups is 1. The highest BCUT2D eigenvalue weighted by Gasteiger charge is 2.42. The van der Waals surface area contributed by atoms with Crippen molar-refractivity contribution in [2.24, 2.45) is 4.99 Å². The largest absolute Gasteiger partial charge is 0.463 e. The summed E-state index contributed by atoms with van der Waals surface area (Å²) in [7, 11) is 0. The lowest BCUT2D eigenvalue weighted by Gasteiger charge is -2.36. The van der Waals surface area contributed by atoms with Crippen LogP contribution in [-0.4, -0.2) is 39.5 Å². The van der Waals surface area contributed by atoms with Crippen molar-refractivity contribution in [1.82, 2.24) is 10.2 Å². The highest BCUT2D eigenvalue weighted by molar-refractivity contribution is 8.16. The van der Waals surface area contributed by atoms with Gasteiger partial charge in [-0.3, -0.25) is 14.9 Å². The molecule has 10 heteroatoms. The molecule has 2 heterocycles. The Morgan fingerprint density at radius 1 is 1.19 bits per heavy atom. The van der Waals surface area contributed by atoms with Crippen molar-refractivity contribution in [1.29, 1.82) is 0 Å². The molecule has 0 bridgehead atoms. The van der Waals surface area contributed by atoms with Gasteiger partial charge in [0.05, 0.1) is 35.3 Å². The maximum Gasteiger partial charge on any atom is 0.338 e. The Kier molecular flexibility index (Phi) is 8.08. The van der Waals surface area contributed by atoms with Gasteiger partial charge in [0.1, 0.15) is 0 Å². The van der Waals surface area contributed by atoms with Crippen LogP contribution in [0.2, 0.25) is 0 Å². The summed E-state index contributed by atoms with van der Waals surface area (Å²) in [6.07, 6.45) is 0.862. The first-order valence-electron chi connectivity index (χ1n) is 12.1. The summed E-state index contributed by atoms with van der Waals surface area (Å²) in [6, 6.07) is 14.7. The minimum absolute atomic E-state index is 0.0175. The van der Waals surface area contributed by atoms with E-state index in [0.29, 0.717) is 22.1 Å². The van der Waals surface area contributed by atoms with Crippen molar-refractivity contribution in [3.05, 3.63) is 92.5 Å². The number of carbonyl (C=O) groups excluding carboxylic acids is 2. The number of esters is 1. The quantitative estimate of drug-likeness (QED) is 0.275. The number of hydrogen-bond donors (Lipinski definition) is 1. The van der Waals surface area contributed by atoms with Crippen LogP contribution in [0.3, 0.4) is 0 Å². The lowest BCUT2D eigenvalue weighted by atomic mass is 9.91. The third kappa shape index (κ3) is 5.59. The second-order valence-electron chi connectivity index (χ2n) is 8.65. The first kappa shape index (κ1) is 26.2. The predicted molar refractivity (Wildman–Crippen MR) is 143 cm³/mol. The molecule has 0 radical (unpaired) electrons. The Morgan fingerprint density at radius 2 is 1.95 bits per heavy atom. The summed E-state index contributed by atoms with van der Waals surface area (Å²) in [4.78, 5) is 44.1. The van der Waals surface area contributed by atoms with Crippen LogP contribution < -0.4 is 5.32 Å². The first-order chi connectivity index (χ1) is 17.8. The molecule has 0 spiro atoms. The van der Waals surface area contributed by atoms with Crippen molar-refractivity contribution >= 4 is 40.2 Å². The van der Waals surface area contributed by atoms with E-state index < -0.39 is 16.9 Å². The highest BCUT2D eigenvalue weighted by atomic mass is 32.2. The molecule has 2 aromatic carbocycles. The summed E-state index contributed by atoms with van der Waals surface area (Å²) in [5.74, 6) is -0.725. The molecule has 2 aliphatic heterocycles. The van der Waals surface area contributed by atoms with Crippen LogP contribution in [0.15, 0.2) is 76.3 Å². The molecule has 192 valence electrons. The number of non-ortho nitro benzene ring substituents is 1. The van der Waals surface area contributed by atoms with Gasteiger partial charge in [0.25, 0.3) is 5.69 Å². The van der Waals surface area contributed by atoms with Gasteiger partial charge in [-0.1, -0.05) is 61.2 Å². The molecule has 37 heavy (non-hydrogen) atoms. The van der Waals surface area contributed by atoms with E-state index in [4.69, 9.17) is 9.73 Å². The zero-order valence-electron chi connectivity index (χ0n) is 20.8. The number of benzene rings is 2. The minimum Gasteiger partial charge on any atom is -0.463 e. The molecular weight excluding hydrogens is 492 g/mol. The molecule has 0 saturated heterocycles. The highest BCUT2D eigenvalue weighted by Crippen LogP contribution is 2.47. The zero-order chi connectivity index (χ0) is 26.5. The average Bonchev–Trinajstić information content (AvgIpc) is 3.30. The first-order valence-corrected chi connectivity index (χ1v) is 13.0. The van der Waals surface area contributed by atoms with E-state index >= 15 is 0 Å². The fraction of sp³-hybridized carbons (Fsp3) is 0.296. The Labute approximate surface area is 219 Å². The smallest absolute Gasteiger partial charge is 0.338 e. The van der Waals surface area contributed by atoms with Gasteiger partial charge in [-0.2, -0.15) is 0 Å². The molecule has 9 nitrogen and oxygen atoms in total. The van der Waals surface area contributed by atoms with E-state index in [2.05, 4.69) is 5.32 Å². The Balaban J connectivity index is 1.88. The second-order valence-corrected chi connectivity index (χ2v) is 9.48. The van der Waals surface area contributed by atoms with Gasteiger partial charge in [0.2, 0.25) is 5.91 Å². The summed E-state index contributed by atoms with van der Waals surface area (Å²) in [6.45, 7) is 5.79. The molecule has 2 aliphatic rings. The number of carbonyl (C=O) groups is 2. The van der Waals surface area contributed by atoms with E-state index in [-0.39, 0.29) is 36.2 Å². The van der Waals surface area contributed by atoms with Crippen LogP contribution in [0.5, 0.6) is 0 Å². The van der Waals surface area contributed by atoms with Crippen molar-refractivity contribution in [2.75, 3.05) is 6.61 Å². The van der Waals surface area contributed by atoms with E-state index in [1.165, 1.54) is 23.9 Å². The fourth-order valence-corrected chi connectivity index (χ4v) is 5.12. The number of amides is 1. The van der Waals surface area contributed by atoms with E-state index in [9.17, 15) is 19.7 Å². The van der Waals surface area contributed by atoms with Gasteiger partial charge in [-0.15, -0.1) is 0 Å². The SMILES string of the molecule is CCOC(=O)C1=C(c2ccccc2)N=C2SC=C(CC(=O)NC(C)CC)N2C1c1cccc([N+](=O)[O-])c1. The molecule has 4 rings (SSSR count). The summed E-state index contributed by atoms with van der Waals surface area (Å²) in [5, 5.41) is 17.0. The zero-order valence-corrected chi connectivity index (χ0v) is 21.7. The lowest BCUT2D eigenvalue weighted by Crippen LogP contribution is -2.39. The van der Waals surface area contributed by atoms with Crippen molar-refractivity contribution in [3.8, 4) is 0 Å². The molecular formula is C27H28N4O5S. The Bertz CT molecular complexity index is 1300. The predicted octanol–water partition coefficient (Wildman–Crippen LogP) is 5.17. The number of nitro groups is 1. The normalized spacial score (nSPS) is 17.5. The number of ether oxygens (including phenoxy) is 1. The monoisotopic (exact) mass is 520 g/mol. The van der Waals surface area contributed by atoms with Gasteiger partial charge in [-0.25, -0.2) is 9.79 Å². The van der Waals surface area contributed by atoms with Crippen molar-refractivity contribution in [2.45, 2.75) is 45.7 Å². The van der Waals surface area contributed by atoms with Crippen molar-refractivity contribution < 1.29 is 19.2 Å². The fourth-order valence-electron chi connectivity index (χ4n) is 4.20. The Hall–Kier alpha value is -3.92. The second kappa shape index (κ2) is 11.4. The van der Waals surface area contributed by atoms with Gasteiger partial charge in [0, 0.05) is 29.4 Å². The summed E-state index contributed by atoms with van der Waals surface area (Å²) in [5.41, 5.74) is 2.49. The maximum atomic E-state index is 13.5. The number of hydrogen-bond acceptors (Lipinski definition) is 8. The van der Waals surface area contributed by atoms with Gasteiger partial charge >= 0.3 is 5.97 Å². The molecule has 1 N–H and O–H groups in total. The maximum absolute atomic E-state index is 13.5. The van der Waals surface area contributed by atoms with Gasteiger partial charge in [-0.05, 0) is 31.2 Å². The Morgan fingerprint density at radius 3 is 2.62 bits per heavy atom. The molecule has 2 atom stereocenters. The minimum atomic E-state index is -0.778. The number of nitrogens with zero attached hydrogens (tertiary/aromatic N) is 3. The summed E-state index contributed by atoms with van der Waals surface area (Å²) >= 11 is 1.35. The van der Waals surface area contributed by atoms with Crippen LogP contribution >= 0.6 is 11.8 Å². The van der Waals surface area contributed by atoms with Crippen LogP contribution in [0.4, 0.5) is 5.69 Å². The third-order valence-electron chi connectivity index (χ3n) is 6.11. The molecule has 1 amide bonds. The number of rotatable bonds is 9. The van der Waals surface area contributed by atoms with Crippen LogP contribution in [0.1, 0.15) is 50.8 Å². The van der Waals surface area contributed by atoms with Gasteiger partial charge < -0.3 is 15.0 Å². The number of fused-ring (bicyclic) bond motifs is 1. The van der Waals surface area contributed by atoms with Crippen LogP contribution in [0.25, 0.3) is 5.70 Å². The standard InChI is InChI=1S/C27H28N4O5S/c1-4-17(3)28-22(32)15-21-16-37-27-29-24(18-10-7-6-8-11-18)23(26(33)36-5-2)25(30(21)27)19-12-9-13-20(14-19)31(34)35/h6-14,16-17,25H,4-5,15H2,1-3H3,(H,28,32). The molecule has 2 aromatic rings. The van der Waals surface area contributed by atoms with Gasteiger partial charge in [0.15, 0.2) is 5.17 Å². The van der Waals surface area contributed by atoms with E-state index in [1.54, 1.807) is 19.1 Å². The number of nitro benzene ring substituents is 1.